The second kappa shape index (κ2) is 9.57. The number of Topliss-reactive ketones (excluding diaryl/α,β-unsaturated/α-hetero) is 1. The molecule has 1 unspecified atom stereocenters. The van der Waals surface area contributed by atoms with Crippen LogP contribution >= 0.6 is 0 Å². The number of carbonyl (C=O) groups is 3. The lowest BCUT2D eigenvalue weighted by Crippen LogP contribution is -2.31. The first kappa shape index (κ1) is 22.2. The molecule has 1 atom stereocenters. The summed E-state index contributed by atoms with van der Waals surface area (Å²) in [7, 11) is 1.56. The summed E-state index contributed by atoms with van der Waals surface area (Å²) in [5, 5.41) is 11.0. The summed E-state index contributed by atoms with van der Waals surface area (Å²) in [5.74, 6) is -1.87. The third-order valence-electron chi connectivity index (χ3n) is 5.05. The summed E-state index contributed by atoms with van der Waals surface area (Å²) in [5.41, 5.74) is 2.01. The van der Waals surface area contributed by atoms with E-state index in [9.17, 15) is 19.5 Å². The SMILES string of the molecule is COCCCN1C(=O)C(=O)/C(=C(\O)c2ccc(C)cc2)C1c1cccc(OC(C)=O)c1. The van der Waals surface area contributed by atoms with Crippen LogP contribution in [0, 0.1) is 6.92 Å². The van der Waals surface area contributed by atoms with Crippen molar-refractivity contribution in [3.8, 4) is 5.75 Å². The zero-order valence-corrected chi connectivity index (χ0v) is 17.8. The number of amides is 1. The fourth-order valence-electron chi connectivity index (χ4n) is 3.62. The molecule has 1 aliphatic rings. The van der Waals surface area contributed by atoms with Crippen molar-refractivity contribution in [2.75, 3.05) is 20.3 Å². The number of rotatable bonds is 7. The van der Waals surface area contributed by atoms with Crippen molar-refractivity contribution in [1.82, 2.24) is 4.90 Å². The number of aryl methyl sites for hydroxylation is 1. The first-order chi connectivity index (χ1) is 14.8. The summed E-state index contributed by atoms with van der Waals surface area (Å²) in [6.07, 6.45) is 0.522. The Kier molecular flexibility index (Phi) is 6.87. The number of aliphatic hydroxyl groups excluding tert-OH is 1. The highest BCUT2D eigenvalue weighted by Gasteiger charge is 2.45. The third-order valence-corrected chi connectivity index (χ3v) is 5.05. The highest BCUT2D eigenvalue weighted by atomic mass is 16.5. The van der Waals surface area contributed by atoms with Gasteiger partial charge in [-0.05, 0) is 31.0 Å². The number of hydrogen-bond acceptors (Lipinski definition) is 6. The fraction of sp³-hybridized carbons (Fsp3) is 0.292. The van der Waals surface area contributed by atoms with Crippen LogP contribution in [-0.4, -0.2) is 47.9 Å². The van der Waals surface area contributed by atoms with E-state index >= 15 is 0 Å². The van der Waals surface area contributed by atoms with Gasteiger partial charge in [0.2, 0.25) is 0 Å². The van der Waals surface area contributed by atoms with Crippen LogP contribution in [0.2, 0.25) is 0 Å². The van der Waals surface area contributed by atoms with E-state index in [0.29, 0.717) is 29.9 Å². The Hall–Kier alpha value is -3.45. The Morgan fingerprint density at radius 1 is 1.13 bits per heavy atom. The Bertz CT molecular complexity index is 1020. The molecule has 1 N–H and O–H groups in total. The minimum Gasteiger partial charge on any atom is -0.507 e. The number of ketones is 1. The number of likely N-dealkylation sites (tertiary alicyclic amines) is 1. The van der Waals surface area contributed by atoms with Gasteiger partial charge in [0.15, 0.2) is 0 Å². The van der Waals surface area contributed by atoms with Crippen LogP contribution in [0.4, 0.5) is 0 Å². The number of methoxy groups -OCH3 is 1. The molecule has 0 radical (unpaired) electrons. The summed E-state index contributed by atoms with van der Waals surface area (Å²) >= 11 is 0. The number of ether oxygens (including phenoxy) is 2. The van der Waals surface area contributed by atoms with Gasteiger partial charge >= 0.3 is 5.97 Å². The quantitative estimate of drug-likeness (QED) is 0.183. The smallest absolute Gasteiger partial charge is 0.308 e. The van der Waals surface area contributed by atoms with E-state index in [1.807, 2.05) is 19.1 Å². The molecule has 1 amide bonds. The van der Waals surface area contributed by atoms with E-state index in [1.165, 1.54) is 11.8 Å². The number of esters is 1. The van der Waals surface area contributed by atoms with Gasteiger partial charge in [-0.2, -0.15) is 0 Å². The second-order valence-corrected chi connectivity index (χ2v) is 7.37. The van der Waals surface area contributed by atoms with Gasteiger partial charge in [-0.25, -0.2) is 0 Å². The molecule has 3 rings (SSSR count). The van der Waals surface area contributed by atoms with Gasteiger partial charge in [0.05, 0.1) is 11.6 Å². The van der Waals surface area contributed by atoms with Crippen molar-refractivity contribution in [2.24, 2.45) is 0 Å². The number of aliphatic hydroxyl groups is 1. The highest BCUT2D eigenvalue weighted by Crippen LogP contribution is 2.40. The van der Waals surface area contributed by atoms with Crippen molar-refractivity contribution >= 4 is 23.4 Å². The van der Waals surface area contributed by atoms with Crippen molar-refractivity contribution in [3.05, 3.63) is 70.8 Å². The fourth-order valence-corrected chi connectivity index (χ4v) is 3.62. The maximum Gasteiger partial charge on any atom is 0.308 e. The lowest BCUT2D eigenvalue weighted by molar-refractivity contribution is -0.140. The number of nitrogens with zero attached hydrogens (tertiary/aromatic N) is 1. The van der Waals surface area contributed by atoms with Crippen LogP contribution in [0.25, 0.3) is 5.76 Å². The topological polar surface area (TPSA) is 93.1 Å². The molecule has 2 aromatic rings. The van der Waals surface area contributed by atoms with E-state index in [-0.39, 0.29) is 17.9 Å². The van der Waals surface area contributed by atoms with Crippen LogP contribution in [-0.2, 0) is 19.1 Å². The summed E-state index contributed by atoms with van der Waals surface area (Å²) < 4.78 is 10.3. The molecular weight excluding hydrogens is 398 g/mol. The van der Waals surface area contributed by atoms with E-state index in [0.717, 1.165) is 5.56 Å². The Morgan fingerprint density at radius 2 is 1.84 bits per heavy atom. The molecule has 0 aliphatic carbocycles. The maximum absolute atomic E-state index is 13.0. The molecule has 1 heterocycles. The van der Waals surface area contributed by atoms with E-state index < -0.39 is 23.7 Å². The first-order valence-electron chi connectivity index (χ1n) is 9.96. The molecular formula is C24H25NO6. The van der Waals surface area contributed by atoms with Gasteiger partial charge in [0.1, 0.15) is 11.5 Å². The van der Waals surface area contributed by atoms with Gasteiger partial charge in [-0.1, -0.05) is 42.0 Å². The highest BCUT2D eigenvalue weighted by molar-refractivity contribution is 6.46. The summed E-state index contributed by atoms with van der Waals surface area (Å²) in [6.45, 7) is 3.90. The molecule has 0 aromatic heterocycles. The van der Waals surface area contributed by atoms with Gasteiger partial charge in [0.25, 0.3) is 11.7 Å². The predicted molar refractivity (Wildman–Crippen MR) is 114 cm³/mol. The van der Waals surface area contributed by atoms with Gasteiger partial charge in [-0.3, -0.25) is 14.4 Å². The third kappa shape index (κ3) is 4.83. The van der Waals surface area contributed by atoms with Crippen molar-refractivity contribution in [1.29, 1.82) is 0 Å². The molecule has 162 valence electrons. The Balaban J connectivity index is 2.12. The van der Waals surface area contributed by atoms with E-state index in [4.69, 9.17) is 9.47 Å². The molecule has 0 saturated carbocycles. The molecule has 7 nitrogen and oxygen atoms in total. The Morgan fingerprint density at radius 3 is 2.48 bits per heavy atom. The molecule has 2 aromatic carbocycles. The minimum absolute atomic E-state index is 0.00578. The average Bonchev–Trinajstić information content (AvgIpc) is 2.99. The molecule has 0 spiro atoms. The average molecular weight is 423 g/mol. The first-order valence-corrected chi connectivity index (χ1v) is 9.96. The normalized spacial score (nSPS) is 17.8. The van der Waals surface area contributed by atoms with E-state index in [2.05, 4.69) is 0 Å². The van der Waals surface area contributed by atoms with Crippen LogP contribution in [0.1, 0.15) is 36.1 Å². The van der Waals surface area contributed by atoms with Crippen molar-refractivity contribution < 1.29 is 29.0 Å². The van der Waals surface area contributed by atoms with Crippen LogP contribution in [0.15, 0.2) is 54.1 Å². The molecule has 0 bridgehead atoms. The Labute approximate surface area is 180 Å². The minimum atomic E-state index is -0.811. The van der Waals surface area contributed by atoms with Gasteiger partial charge in [-0.15, -0.1) is 0 Å². The zero-order valence-electron chi connectivity index (χ0n) is 17.8. The van der Waals surface area contributed by atoms with Crippen LogP contribution < -0.4 is 4.74 Å². The van der Waals surface area contributed by atoms with Crippen molar-refractivity contribution in [2.45, 2.75) is 26.3 Å². The maximum atomic E-state index is 13.0. The van der Waals surface area contributed by atoms with E-state index in [1.54, 1.807) is 43.5 Å². The largest absolute Gasteiger partial charge is 0.507 e. The molecule has 1 saturated heterocycles. The molecule has 31 heavy (non-hydrogen) atoms. The summed E-state index contributed by atoms with van der Waals surface area (Å²) in [6, 6.07) is 12.9. The van der Waals surface area contributed by atoms with Crippen molar-refractivity contribution in [3.63, 3.8) is 0 Å². The molecule has 1 aliphatic heterocycles. The van der Waals surface area contributed by atoms with Crippen LogP contribution in [0.3, 0.4) is 0 Å². The second-order valence-electron chi connectivity index (χ2n) is 7.37. The molecule has 7 heteroatoms. The lowest BCUT2D eigenvalue weighted by Gasteiger charge is -2.25. The standard InChI is InChI=1S/C24H25NO6/c1-15-8-10-17(11-9-15)22(27)20-21(18-6-4-7-19(14-18)31-16(2)26)25(12-5-13-30-3)24(29)23(20)28/h4,6-11,14,21,27H,5,12-13H2,1-3H3/b22-20-. The predicted octanol–water partition coefficient (Wildman–Crippen LogP) is 3.38. The van der Waals surface area contributed by atoms with Gasteiger partial charge < -0.3 is 19.5 Å². The monoisotopic (exact) mass is 423 g/mol. The van der Waals surface area contributed by atoms with Crippen LogP contribution in [0.5, 0.6) is 5.75 Å². The van der Waals surface area contributed by atoms with Gasteiger partial charge in [0, 0.05) is 32.7 Å². The zero-order chi connectivity index (χ0) is 22.5. The lowest BCUT2D eigenvalue weighted by atomic mass is 9.95. The molecule has 1 fully saturated rings. The number of carbonyl (C=O) groups excluding carboxylic acids is 3. The number of benzene rings is 2. The number of hydrogen-bond donors (Lipinski definition) is 1. The summed E-state index contributed by atoms with van der Waals surface area (Å²) in [4.78, 5) is 38.6.